The second-order valence-corrected chi connectivity index (χ2v) is 14.2. The Morgan fingerprint density at radius 2 is 0.782 bits per heavy atom. The molecule has 2 aromatic heterocycles. The van der Waals surface area contributed by atoms with E-state index in [2.05, 4.69) is 199 Å². The van der Waals surface area contributed by atoms with Crippen LogP contribution in [0.2, 0.25) is 0 Å². The highest BCUT2D eigenvalue weighted by molar-refractivity contribution is 6.24. The van der Waals surface area contributed by atoms with Gasteiger partial charge in [-0.25, -0.2) is 9.97 Å². The molecule has 0 amide bonds. The fraction of sp³-hybridized carbons (Fsp3) is 0. The summed E-state index contributed by atoms with van der Waals surface area (Å²) < 4.78 is 2.41. The van der Waals surface area contributed by atoms with Crippen LogP contribution < -0.4 is 0 Å². The molecular formula is C52H33N3. The molecule has 0 unspecified atom stereocenters. The van der Waals surface area contributed by atoms with Crippen molar-refractivity contribution in [3.63, 3.8) is 0 Å². The Morgan fingerprint density at radius 3 is 1.42 bits per heavy atom. The van der Waals surface area contributed by atoms with Gasteiger partial charge in [0, 0.05) is 39.0 Å². The van der Waals surface area contributed by atoms with E-state index in [1.807, 2.05) is 6.20 Å². The lowest BCUT2D eigenvalue weighted by Crippen LogP contribution is -1.95. The number of benzene rings is 9. The van der Waals surface area contributed by atoms with Crippen molar-refractivity contribution < 1.29 is 0 Å². The Hall–Kier alpha value is -7.36. The normalized spacial score (nSPS) is 11.6. The van der Waals surface area contributed by atoms with Crippen LogP contribution >= 0.6 is 0 Å². The molecule has 11 rings (SSSR count). The zero-order chi connectivity index (χ0) is 36.3. The van der Waals surface area contributed by atoms with Crippen molar-refractivity contribution >= 4 is 54.3 Å². The molecule has 0 atom stereocenters. The van der Waals surface area contributed by atoms with Gasteiger partial charge in [0.05, 0.1) is 16.6 Å². The second-order valence-electron chi connectivity index (χ2n) is 14.2. The van der Waals surface area contributed by atoms with Gasteiger partial charge in [0.2, 0.25) is 0 Å². The van der Waals surface area contributed by atoms with Crippen LogP contribution in [0, 0.1) is 0 Å². The third kappa shape index (κ3) is 5.20. The van der Waals surface area contributed by atoms with Gasteiger partial charge in [-0.3, -0.25) is 0 Å². The molecule has 0 spiro atoms. The fourth-order valence-electron chi connectivity index (χ4n) is 8.38. The van der Waals surface area contributed by atoms with E-state index >= 15 is 0 Å². The molecule has 9 aromatic carbocycles. The molecule has 55 heavy (non-hydrogen) atoms. The first-order chi connectivity index (χ1) is 27.3. The molecule has 3 heteroatoms. The predicted molar refractivity (Wildman–Crippen MR) is 231 cm³/mol. The molecule has 0 radical (unpaired) electrons. The summed E-state index contributed by atoms with van der Waals surface area (Å²) in [5.41, 5.74) is 12.5. The largest absolute Gasteiger partial charge is 0.309 e. The first kappa shape index (κ1) is 31.2. The van der Waals surface area contributed by atoms with E-state index in [0.717, 1.165) is 44.5 Å². The summed E-state index contributed by atoms with van der Waals surface area (Å²) in [5, 5.41) is 8.27. The number of hydrogen-bond donors (Lipinski definition) is 0. The Morgan fingerprint density at radius 1 is 0.309 bits per heavy atom. The van der Waals surface area contributed by atoms with Gasteiger partial charge < -0.3 is 4.57 Å². The lowest BCUT2D eigenvalue weighted by Gasteiger charge is -2.12. The van der Waals surface area contributed by atoms with Crippen LogP contribution in [0.4, 0.5) is 0 Å². The van der Waals surface area contributed by atoms with Gasteiger partial charge in [-0.05, 0) is 92.0 Å². The minimum atomic E-state index is 0.719. The van der Waals surface area contributed by atoms with E-state index in [9.17, 15) is 0 Å². The summed E-state index contributed by atoms with van der Waals surface area (Å²) in [6.45, 7) is 0. The van der Waals surface area contributed by atoms with Crippen LogP contribution in [-0.4, -0.2) is 14.5 Å². The molecule has 0 bridgehead atoms. The van der Waals surface area contributed by atoms with Crippen LogP contribution in [-0.2, 0) is 0 Å². The zero-order valence-corrected chi connectivity index (χ0v) is 29.9. The Kier molecular flexibility index (Phi) is 7.17. The Bertz CT molecular complexity index is 3120. The van der Waals surface area contributed by atoms with Crippen LogP contribution in [0.25, 0.3) is 105 Å². The molecule has 0 aliphatic heterocycles. The van der Waals surface area contributed by atoms with Crippen LogP contribution in [0.15, 0.2) is 200 Å². The molecule has 0 fully saturated rings. The first-order valence-electron chi connectivity index (χ1n) is 18.7. The average Bonchev–Trinajstić information content (AvgIpc) is 3.60. The van der Waals surface area contributed by atoms with Crippen molar-refractivity contribution in [2.75, 3.05) is 0 Å². The summed E-state index contributed by atoms with van der Waals surface area (Å²) >= 11 is 0. The number of nitrogens with zero attached hydrogens (tertiary/aromatic N) is 3. The van der Waals surface area contributed by atoms with Crippen LogP contribution in [0.1, 0.15) is 0 Å². The van der Waals surface area contributed by atoms with Gasteiger partial charge in [-0.2, -0.15) is 0 Å². The highest BCUT2D eigenvalue weighted by atomic mass is 15.0. The molecule has 0 saturated carbocycles. The highest BCUT2D eigenvalue weighted by Gasteiger charge is 2.16. The van der Waals surface area contributed by atoms with Gasteiger partial charge in [-0.1, -0.05) is 152 Å². The predicted octanol–water partition coefficient (Wildman–Crippen LogP) is 13.7. The second kappa shape index (κ2) is 12.6. The van der Waals surface area contributed by atoms with E-state index in [1.165, 1.54) is 60.2 Å². The van der Waals surface area contributed by atoms with E-state index in [0.29, 0.717) is 0 Å². The van der Waals surface area contributed by atoms with Crippen molar-refractivity contribution in [1.29, 1.82) is 0 Å². The highest BCUT2D eigenvalue weighted by Crippen LogP contribution is 2.39. The minimum Gasteiger partial charge on any atom is -0.309 e. The third-order valence-corrected chi connectivity index (χ3v) is 11.0. The summed E-state index contributed by atoms with van der Waals surface area (Å²) in [7, 11) is 0. The molecule has 11 aromatic rings. The maximum atomic E-state index is 5.23. The topological polar surface area (TPSA) is 30.7 Å². The van der Waals surface area contributed by atoms with Gasteiger partial charge in [0.1, 0.15) is 0 Å². The zero-order valence-electron chi connectivity index (χ0n) is 29.9. The molecule has 0 aliphatic carbocycles. The van der Waals surface area contributed by atoms with Crippen LogP contribution in [0.5, 0.6) is 0 Å². The third-order valence-electron chi connectivity index (χ3n) is 11.0. The van der Waals surface area contributed by atoms with E-state index < -0.39 is 0 Å². The van der Waals surface area contributed by atoms with Crippen molar-refractivity contribution in [3.8, 4) is 50.5 Å². The number of aromatic nitrogens is 3. The average molecular weight is 700 g/mol. The summed E-state index contributed by atoms with van der Waals surface area (Å²) in [6.07, 6.45) is 1.99. The molecule has 256 valence electrons. The van der Waals surface area contributed by atoms with E-state index in [1.54, 1.807) is 0 Å². The fourth-order valence-corrected chi connectivity index (χ4v) is 8.38. The monoisotopic (exact) mass is 699 g/mol. The van der Waals surface area contributed by atoms with Crippen molar-refractivity contribution in [1.82, 2.24) is 14.5 Å². The van der Waals surface area contributed by atoms with E-state index in [4.69, 9.17) is 9.97 Å². The molecule has 3 nitrogen and oxygen atoms in total. The van der Waals surface area contributed by atoms with Crippen molar-refractivity contribution in [2.45, 2.75) is 0 Å². The Labute approximate surface area is 318 Å². The maximum absolute atomic E-state index is 5.23. The van der Waals surface area contributed by atoms with Crippen LogP contribution in [0.3, 0.4) is 0 Å². The lowest BCUT2D eigenvalue weighted by atomic mass is 9.97. The number of fused-ring (bicyclic) bond motifs is 9. The maximum Gasteiger partial charge on any atom is 0.159 e. The molecule has 0 aliphatic rings. The van der Waals surface area contributed by atoms with Crippen molar-refractivity contribution in [2.24, 2.45) is 0 Å². The first-order valence-corrected chi connectivity index (χ1v) is 18.7. The SMILES string of the molecule is c1ccc(-c2ccc3c(c2)c2cc(-c4ccccc4)ccc2n3-c2cccc(-c3cccc(-c4ncc5c6ccccc6c6ccccc6c5n4)c3)c2)cc1. The van der Waals surface area contributed by atoms with Gasteiger partial charge >= 0.3 is 0 Å². The number of hydrogen-bond acceptors (Lipinski definition) is 2. The van der Waals surface area contributed by atoms with E-state index in [-0.39, 0.29) is 0 Å². The molecule has 0 saturated heterocycles. The summed E-state index contributed by atoms with van der Waals surface area (Å²) in [5.74, 6) is 0.719. The standard InChI is InChI=1S/C52H33N3/c1-3-13-34(14-4-1)38-25-27-49-46(31-38)47-32-39(35-15-5-2-6-16-35)26-28-50(47)55(49)41-20-12-18-37(30-41)36-17-11-19-40(29-36)52-53-33-48-44-23-8-7-21-42(44)43-22-9-10-24-45(43)51(48)54-52/h1-33H. The smallest absolute Gasteiger partial charge is 0.159 e. The lowest BCUT2D eigenvalue weighted by molar-refractivity contribution is 1.18. The van der Waals surface area contributed by atoms with Gasteiger partial charge in [0.15, 0.2) is 5.82 Å². The number of rotatable bonds is 5. The quantitative estimate of drug-likeness (QED) is 0.167. The molecule has 2 heterocycles. The summed E-state index contributed by atoms with van der Waals surface area (Å²) in [4.78, 5) is 10.2. The van der Waals surface area contributed by atoms with Gasteiger partial charge in [0.25, 0.3) is 0 Å². The molecular weight excluding hydrogens is 667 g/mol. The van der Waals surface area contributed by atoms with Gasteiger partial charge in [-0.15, -0.1) is 0 Å². The Balaban J connectivity index is 1.04. The summed E-state index contributed by atoms with van der Waals surface area (Å²) in [6, 6.07) is 69.6. The van der Waals surface area contributed by atoms with Crippen molar-refractivity contribution in [3.05, 3.63) is 200 Å². The minimum absolute atomic E-state index is 0.719. The molecule has 0 N–H and O–H groups in total.